The Kier molecular flexibility index (Phi) is 9.41. The number of sulfonamides is 1. The molecule has 9 nitrogen and oxygen atoms in total. The number of fused-ring (bicyclic) bond motifs is 1. The van der Waals surface area contributed by atoms with Crippen LogP contribution in [0.5, 0.6) is 5.75 Å². The lowest BCUT2D eigenvalue weighted by molar-refractivity contribution is -0.306. The highest BCUT2D eigenvalue weighted by molar-refractivity contribution is 7.92. The zero-order valence-electron chi connectivity index (χ0n) is 19.5. The summed E-state index contributed by atoms with van der Waals surface area (Å²) < 4.78 is 124. The molecule has 0 aliphatic carbocycles. The molecule has 2 N–H and O–H groups in total. The van der Waals surface area contributed by atoms with Crippen LogP contribution in [0.1, 0.15) is 6.92 Å². The monoisotopic (exact) mass is 575 g/mol. The van der Waals surface area contributed by atoms with Crippen molar-refractivity contribution in [2.75, 3.05) is 29.8 Å². The Bertz CT molecular complexity index is 1240. The maximum Gasteiger partial charge on any atom is 0.434 e. The second-order valence-corrected chi connectivity index (χ2v) is 9.22. The molecule has 2 aromatic rings. The van der Waals surface area contributed by atoms with Gasteiger partial charge in [-0.15, -0.1) is 0 Å². The summed E-state index contributed by atoms with van der Waals surface area (Å²) in [7, 11) is -2.65. The van der Waals surface area contributed by atoms with Crippen molar-refractivity contribution in [3.05, 3.63) is 48.3 Å². The van der Waals surface area contributed by atoms with Gasteiger partial charge in [-0.05, 0) is 42.5 Å². The number of rotatable bonds is 4. The van der Waals surface area contributed by atoms with Crippen LogP contribution in [0.25, 0.3) is 0 Å². The number of carbonyl (C=O) groups is 2. The van der Waals surface area contributed by atoms with E-state index in [1.54, 1.807) is 12.4 Å². The summed E-state index contributed by atoms with van der Waals surface area (Å²) in [5.74, 6) is -0.670. The van der Waals surface area contributed by atoms with E-state index < -0.39 is 40.4 Å². The summed E-state index contributed by atoms with van der Waals surface area (Å²) in [6, 6.07) is 7.03. The van der Waals surface area contributed by atoms with Gasteiger partial charge in [0.2, 0.25) is 5.91 Å². The lowest BCUT2D eigenvalue weighted by atomic mass is 10.2. The third kappa shape index (κ3) is 7.87. The van der Waals surface area contributed by atoms with Crippen molar-refractivity contribution < 1.29 is 58.2 Å². The smallest absolute Gasteiger partial charge is 0.434 e. The molecule has 17 heteroatoms. The topological polar surface area (TPSA) is 114 Å². The first-order valence-electron chi connectivity index (χ1n) is 10.3. The second-order valence-electron chi connectivity index (χ2n) is 7.36. The van der Waals surface area contributed by atoms with Crippen LogP contribution in [0.2, 0.25) is 0 Å². The molecule has 210 valence electrons. The lowest BCUT2D eigenvalue weighted by Gasteiger charge is -2.31. The number of halogens is 7. The standard InChI is InChI=1S/C18H13F7N2O5S.C3H7NO/c19-10-1-4-12(5-2-10)33(29,30)27-7-8-31-14-6-3-11(9-13(14)27)26-16(28)32-15(17(20,21)22)18(23,24)25;1-3(5)4-2/h1-6,9,15H,7-8H2,(H,26,28);1-2H3,(H,4,5). The van der Waals surface area contributed by atoms with Gasteiger partial charge in [-0.2, -0.15) is 26.3 Å². The van der Waals surface area contributed by atoms with Gasteiger partial charge in [-0.1, -0.05) is 0 Å². The van der Waals surface area contributed by atoms with Gasteiger partial charge in [0.1, 0.15) is 18.2 Å². The Balaban J connectivity index is 0.000000926. The average Bonchev–Trinajstić information content (AvgIpc) is 2.81. The number of alkyl halides is 6. The van der Waals surface area contributed by atoms with Crippen molar-refractivity contribution in [2.24, 2.45) is 0 Å². The minimum Gasteiger partial charge on any atom is -0.489 e. The summed E-state index contributed by atoms with van der Waals surface area (Å²) in [6.07, 6.45) is -18.2. The Labute approximate surface area is 211 Å². The van der Waals surface area contributed by atoms with Crippen molar-refractivity contribution in [3.63, 3.8) is 0 Å². The molecule has 1 aliphatic heterocycles. The Morgan fingerprint density at radius 2 is 1.58 bits per heavy atom. The van der Waals surface area contributed by atoms with Crippen LogP contribution in [0.15, 0.2) is 47.4 Å². The Morgan fingerprint density at radius 1 is 1.03 bits per heavy atom. The molecule has 38 heavy (non-hydrogen) atoms. The molecule has 0 unspecified atom stereocenters. The molecule has 0 fully saturated rings. The first kappa shape index (κ1) is 30.5. The van der Waals surface area contributed by atoms with Crippen LogP contribution < -0.4 is 19.7 Å². The van der Waals surface area contributed by atoms with Crippen molar-refractivity contribution >= 4 is 33.4 Å². The highest BCUT2D eigenvalue weighted by Gasteiger charge is 2.60. The number of hydrogen-bond donors (Lipinski definition) is 2. The van der Waals surface area contributed by atoms with Gasteiger partial charge in [0, 0.05) is 19.7 Å². The number of anilines is 2. The van der Waals surface area contributed by atoms with Gasteiger partial charge in [0.25, 0.3) is 16.1 Å². The minimum absolute atomic E-state index is 0.00463. The van der Waals surface area contributed by atoms with E-state index in [4.69, 9.17) is 4.74 Å². The molecule has 0 saturated carbocycles. The van der Waals surface area contributed by atoms with Gasteiger partial charge in [0.05, 0.1) is 17.1 Å². The normalized spacial score (nSPS) is 13.5. The van der Waals surface area contributed by atoms with E-state index in [1.165, 1.54) is 6.92 Å². The molecule has 2 amide bonds. The molecule has 2 aromatic carbocycles. The summed E-state index contributed by atoms with van der Waals surface area (Å²) in [5, 5.41) is 4.09. The van der Waals surface area contributed by atoms with Gasteiger partial charge in [-0.3, -0.25) is 14.4 Å². The fourth-order valence-corrected chi connectivity index (χ4v) is 4.28. The number of ether oxygens (including phenoxy) is 2. The Hall–Kier alpha value is -3.76. The van der Waals surface area contributed by atoms with Crippen LogP contribution >= 0.6 is 0 Å². The van der Waals surface area contributed by atoms with Crippen molar-refractivity contribution in [1.29, 1.82) is 0 Å². The molecule has 0 bridgehead atoms. The Morgan fingerprint density at radius 3 is 2.08 bits per heavy atom. The number of carbonyl (C=O) groups excluding carboxylic acids is 2. The van der Waals surface area contributed by atoms with E-state index >= 15 is 0 Å². The van der Waals surface area contributed by atoms with Gasteiger partial charge in [-0.25, -0.2) is 17.6 Å². The third-order valence-corrected chi connectivity index (χ3v) is 6.43. The van der Waals surface area contributed by atoms with Gasteiger partial charge < -0.3 is 14.8 Å². The molecule has 1 heterocycles. The fourth-order valence-electron chi connectivity index (χ4n) is 2.83. The zero-order chi connectivity index (χ0) is 28.9. The highest BCUT2D eigenvalue weighted by atomic mass is 32.2. The molecule has 0 spiro atoms. The highest BCUT2D eigenvalue weighted by Crippen LogP contribution is 2.38. The zero-order valence-corrected chi connectivity index (χ0v) is 20.3. The second kappa shape index (κ2) is 11.7. The van der Waals surface area contributed by atoms with Crippen molar-refractivity contribution in [2.45, 2.75) is 30.3 Å². The maximum atomic E-state index is 13.1. The van der Waals surface area contributed by atoms with Crippen LogP contribution in [0.4, 0.5) is 46.9 Å². The number of amides is 2. The predicted octanol–water partition coefficient (Wildman–Crippen LogP) is 4.21. The number of nitrogens with one attached hydrogen (secondary N) is 2. The SMILES string of the molecule is CNC(C)=O.O=C(Nc1ccc2c(c1)N(S(=O)(=O)c1ccc(F)cc1)CCO2)OC(C(F)(F)F)C(F)(F)F. The van der Waals surface area contributed by atoms with Crippen LogP contribution in [-0.4, -0.2) is 59.1 Å². The summed E-state index contributed by atoms with van der Waals surface area (Å²) in [5.41, 5.74) is -0.529. The van der Waals surface area contributed by atoms with Gasteiger partial charge >= 0.3 is 18.4 Å². The predicted molar refractivity (Wildman–Crippen MR) is 119 cm³/mol. The molecule has 3 rings (SSSR count). The third-order valence-electron chi connectivity index (χ3n) is 4.60. The quantitative estimate of drug-likeness (QED) is 0.529. The van der Waals surface area contributed by atoms with E-state index in [-0.39, 0.29) is 41.1 Å². The molecular formula is C21H20F7N3O6S. The van der Waals surface area contributed by atoms with E-state index in [9.17, 15) is 48.7 Å². The van der Waals surface area contributed by atoms with Crippen LogP contribution in [0, 0.1) is 5.82 Å². The van der Waals surface area contributed by atoms with Crippen LogP contribution in [0.3, 0.4) is 0 Å². The maximum absolute atomic E-state index is 13.1. The van der Waals surface area contributed by atoms with E-state index in [1.807, 2.05) is 0 Å². The van der Waals surface area contributed by atoms with Crippen molar-refractivity contribution in [3.8, 4) is 5.75 Å². The molecule has 0 aromatic heterocycles. The number of nitrogens with zero attached hydrogens (tertiary/aromatic N) is 1. The summed E-state index contributed by atoms with van der Waals surface area (Å²) in [6.45, 7) is 1.17. The summed E-state index contributed by atoms with van der Waals surface area (Å²) in [4.78, 5) is 21.1. The number of hydrogen-bond acceptors (Lipinski definition) is 6. The lowest BCUT2D eigenvalue weighted by Crippen LogP contribution is -2.46. The van der Waals surface area contributed by atoms with E-state index in [0.717, 1.165) is 46.8 Å². The molecule has 0 atom stereocenters. The van der Waals surface area contributed by atoms with E-state index in [0.29, 0.717) is 0 Å². The molecular weight excluding hydrogens is 555 g/mol. The van der Waals surface area contributed by atoms with Crippen molar-refractivity contribution in [1.82, 2.24) is 5.32 Å². The molecule has 0 radical (unpaired) electrons. The first-order chi connectivity index (χ1) is 17.5. The molecule has 1 aliphatic rings. The van der Waals surface area contributed by atoms with Crippen LogP contribution in [-0.2, 0) is 19.6 Å². The first-order valence-corrected chi connectivity index (χ1v) is 11.8. The number of benzene rings is 2. The average molecular weight is 575 g/mol. The van der Waals surface area contributed by atoms with E-state index in [2.05, 4.69) is 10.1 Å². The van der Waals surface area contributed by atoms with Gasteiger partial charge in [0.15, 0.2) is 0 Å². The molecule has 0 saturated heterocycles. The fraction of sp³-hybridized carbons (Fsp3) is 0.333. The largest absolute Gasteiger partial charge is 0.489 e. The minimum atomic E-state index is -5.90. The summed E-state index contributed by atoms with van der Waals surface area (Å²) >= 11 is 0.